The number of benzene rings is 1. The number of hydrogen-bond donors (Lipinski definition) is 2. The van der Waals surface area contributed by atoms with Gasteiger partial charge in [-0.05, 0) is 38.3 Å². The highest BCUT2D eigenvalue weighted by Crippen LogP contribution is 2.32. The van der Waals surface area contributed by atoms with E-state index in [-0.39, 0.29) is 30.1 Å². The predicted octanol–water partition coefficient (Wildman–Crippen LogP) is 3.45. The number of halogens is 1. The molecule has 0 bridgehead atoms. The summed E-state index contributed by atoms with van der Waals surface area (Å²) in [5.74, 6) is 2.25. The number of aliphatic imine (C=N–C) groups is 1. The quantitative estimate of drug-likeness (QED) is 0.190. The summed E-state index contributed by atoms with van der Waals surface area (Å²) < 4.78 is 28.2. The molecule has 2 N–H and O–H groups in total. The molecule has 8 nitrogen and oxygen atoms in total. The maximum Gasteiger partial charge on any atom is 0.195 e. The number of guanidine groups is 1. The van der Waals surface area contributed by atoms with Crippen LogP contribution < -0.4 is 20.1 Å². The fourth-order valence-electron chi connectivity index (χ4n) is 3.25. The number of nitrogens with zero attached hydrogens (tertiary/aromatic N) is 1. The smallest absolute Gasteiger partial charge is 0.195 e. The van der Waals surface area contributed by atoms with Gasteiger partial charge in [-0.3, -0.25) is 4.99 Å². The van der Waals surface area contributed by atoms with Gasteiger partial charge in [-0.1, -0.05) is 0 Å². The highest BCUT2D eigenvalue weighted by atomic mass is 127. The first kappa shape index (κ1) is 26.0. The van der Waals surface area contributed by atoms with Crippen molar-refractivity contribution in [3.63, 3.8) is 0 Å². The van der Waals surface area contributed by atoms with E-state index < -0.39 is 0 Å². The Kier molecular flexibility index (Phi) is 13.0. The molecule has 31 heavy (non-hydrogen) atoms. The van der Waals surface area contributed by atoms with Crippen molar-refractivity contribution in [1.29, 1.82) is 0 Å². The molecule has 0 aliphatic carbocycles. The van der Waals surface area contributed by atoms with Crippen LogP contribution in [0.4, 0.5) is 5.69 Å². The van der Waals surface area contributed by atoms with E-state index in [1.807, 2.05) is 25.1 Å². The predicted molar refractivity (Wildman–Crippen MR) is 132 cm³/mol. The second-order valence-corrected chi connectivity index (χ2v) is 7.25. The van der Waals surface area contributed by atoms with Gasteiger partial charge in [-0.15, -0.1) is 24.0 Å². The van der Waals surface area contributed by atoms with Gasteiger partial charge >= 0.3 is 0 Å². The summed E-state index contributed by atoms with van der Waals surface area (Å²) in [4.78, 5) is 4.67. The molecule has 0 spiro atoms. The van der Waals surface area contributed by atoms with Crippen LogP contribution in [0, 0.1) is 0 Å². The molecule has 1 saturated heterocycles. The average molecular weight is 549 g/mol. The van der Waals surface area contributed by atoms with Gasteiger partial charge in [-0.25, -0.2) is 0 Å². The molecule has 1 fully saturated rings. The average Bonchev–Trinajstić information content (AvgIpc) is 3.17. The molecule has 0 saturated carbocycles. The molecule has 0 amide bonds. The maximum atomic E-state index is 5.78. The van der Waals surface area contributed by atoms with Crippen LogP contribution in [-0.4, -0.2) is 71.4 Å². The minimum atomic E-state index is 0. The van der Waals surface area contributed by atoms with Crippen LogP contribution in [0.5, 0.6) is 11.5 Å². The zero-order valence-electron chi connectivity index (χ0n) is 18.4. The van der Waals surface area contributed by atoms with Crippen LogP contribution in [0.1, 0.15) is 32.6 Å². The SMILES string of the molecule is CCOCCNC(=NCCCOCC1CCCO1)Nc1ccc2c(c1)OCCCO2.I. The molecule has 2 heterocycles. The lowest BCUT2D eigenvalue weighted by Crippen LogP contribution is -2.33. The third kappa shape index (κ3) is 9.80. The van der Waals surface area contributed by atoms with Crippen LogP contribution in [0.2, 0.25) is 0 Å². The Bertz CT molecular complexity index is 656. The lowest BCUT2D eigenvalue weighted by molar-refractivity contribution is 0.0171. The van der Waals surface area contributed by atoms with E-state index in [0.29, 0.717) is 58.7 Å². The van der Waals surface area contributed by atoms with Crippen LogP contribution in [0.25, 0.3) is 0 Å². The minimum absolute atomic E-state index is 0. The normalized spacial score (nSPS) is 18.2. The van der Waals surface area contributed by atoms with Crippen molar-refractivity contribution in [3.8, 4) is 11.5 Å². The summed E-state index contributed by atoms with van der Waals surface area (Å²) in [6, 6.07) is 5.85. The topological polar surface area (TPSA) is 82.6 Å². The summed E-state index contributed by atoms with van der Waals surface area (Å²) in [6.07, 6.45) is 4.25. The summed E-state index contributed by atoms with van der Waals surface area (Å²) >= 11 is 0. The second-order valence-electron chi connectivity index (χ2n) is 7.25. The van der Waals surface area contributed by atoms with Crippen LogP contribution in [0.3, 0.4) is 0 Å². The Morgan fingerprint density at radius 1 is 1.10 bits per heavy atom. The number of rotatable bonds is 11. The van der Waals surface area contributed by atoms with E-state index in [1.165, 1.54) is 0 Å². The second kappa shape index (κ2) is 15.5. The molecule has 1 aromatic carbocycles. The van der Waals surface area contributed by atoms with Crippen LogP contribution in [-0.2, 0) is 14.2 Å². The highest BCUT2D eigenvalue weighted by Gasteiger charge is 2.15. The molecule has 1 atom stereocenters. The zero-order valence-corrected chi connectivity index (χ0v) is 20.7. The maximum absolute atomic E-state index is 5.78. The van der Waals surface area contributed by atoms with E-state index in [1.54, 1.807) is 0 Å². The van der Waals surface area contributed by atoms with E-state index in [9.17, 15) is 0 Å². The monoisotopic (exact) mass is 549 g/mol. The zero-order chi connectivity index (χ0) is 20.9. The first-order valence-corrected chi connectivity index (χ1v) is 11.1. The molecule has 1 aromatic rings. The Morgan fingerprint density at radius 3 is 2.77 bits per heavy atom. The number of fused-ring (bicyclic) bond motifs is 1. The molecule has 1 unspecified atom stereocenters. The number of anilines is 1. The molecule has 176 valence electrons. The number of nitrogens with one attached hydrogen (secondary N) is 2. The Hall–Kier alpha value is -1.30. The van der Waals surface area contributed by atoms with Gasteiger partial charge in [0.2, 0.25) is 0 Å². The van der Waals surface area contributed by atoms with Crippen molar-refractivity contribution >= 4 is 35.6 Å². The lowest BCUT2D eigenvalue weighted by atomic mass is 10.2. The van der Waals surface area contributed by atoms with Gasteiger partial charge in [0.1, 0.15) is 0 Å². The molecule has 9 heteroatoms. The fraction of sp³-hybridized carbons (Fsp3) is 0.682. The Labute approximate surface area is 202 Å². The summed E-state index contributed by atoms with van der Waals surface area (Å²) in [5, 5.41) is 6.66. The van der Waals surface area contributed by atoms with Crippen molar-refractivity contribution in [3.05, 3.63) is 18.2 Å². The molecule has 0 radical (unpaired) electrons. The van der Waals surface area contributed by atoms with E-state index >= 15 is 0 Å². The van der Waals surface area contributed by atoms with Crippen molar-refractivity contribution in [1.82, 2.24) is 5.32 Å². The fourth-order valence-corrected chi connectivity index (χ4v) is 3.25. The standard InChI is InChI=1S/C22H35N3O5.HI/c1-2-26-15-10-24-22(23-9-4-11-27-17-19-6-3-12-28-19)25-18-7-8-20-21(16-18)30-14-5-13-29-20;/h7-8,16,19H,2-6,9-15,17H2,1H3,(H2,23,24,25);1H. The van der Waals surface area contributed by atoms with E-state index in [2.05, 4.69) is 15.6 Å². The molecular formula is C22H36IN3O5. The van der Waals surface area contributed by atoms with Crippen molar-refractivity contribution in [2.24, 2.45) is 4.99 Å². The first-order chi connectivity index (χ1) is 14.8. The largest absolute Gasteiger partial charge is 0.490 e. The lowest BCUT2D eigenvalue weighted by Gasteiger charge is -2.15. The Morgan fingerprint density at radius 2 is 1.97 bits per heavy atom. The number of hydrogen-bond acceptors (Lipinski definition) is 6. The third-order valence-corrected chi connectivity index (χ3v) is 4.80. The summed E-state index contributed by atoms with van der Waals surface area (Å²) in [5.41, 5.74) is 0.900. The minimum Gasteiger partial charge on any atom is -0.490 e. The van der Waals surface area contributed by atoms with E-state index in [0.717, 1.165) is 49.5 Å². The summed E-state index contributed by atoms with van der Waals surface area (Å²) in [7, 11) is 0. The Balaban J connectivity index is 0.00000341. The van der Waals surface area contributed by atoms with Gasteiger partial charge in [0.15, 0.2) is 17.5 Å². The first-order valence-electron chi connectivity index (χ1n) is 11.1. The molecule has 0 aromatic heterocycles. The highest BCUT2D eigenvalue weighted by molar-refractivity contribution is 14.0. The molecule has 2 aliphatic heterocycles. The van der Waals surface area contributed by atoms with Gasteiger partial charge in [0.05, 0.1) is 32.5 Å². The van der Waals surface area contributed by atoms with E-state index in [4.69, 9.17) is 23.7 Å². The van der Waals surface area contributed by atoms with Crippen molar-refractivity contribution in [2.75, 3.05) is 64.7 Å². The van der Waals surface area contributed by atoms with Gasteiger partial charge < -0.3 is 34.3 Å². The number of ether oxygens (including phenoxy) is 5. The van der Waals surface area contributed by atoms with Crippen LogP contribution >= 0.6 is 24.0 Å². The molecule has 3 rings (SSSR count). The molecular weight excluding hydrogens is 513 g/mol. The summed E-state index contributed by atoms with van der Waals surface area (Å²) in [6.45, 7) is 8.23. The van der Waals surface area contributed by atoms with Gasteiger partial charge in [0, 0.05) is 51.1 Å². The third-order valence-electron chi connectivity index (χ3n) is 4.80. The molecule has 2 aliphatic rings. The van der Waals surface area contributed by atoms with Crippen LogP contribution in [0.15, 0.2) is 23.2 Å². The van der Waals surface area contributed by atoms with Crippen molar-refractivity contribution < 1.29 is 23.7 Å². The van der Waals surface area contributed by atoms with Gasteiger partial charge in [-0.2, -0.15) is 0 Å². The van der Waals surface area contributed by atoms with Gasteiger partial charge in [0.25, 0.3) is 0 Å². The van der Waals surface area contributed by atoms with Crippen molar-refractivity contribution in [2.45, 2.75) is 38.7 Å².